The fourth-order valence-electron chi connectivity index (χ4n) is 2.52. The van der Waals surface area contributed by atoms with Gasteiger partial charge in [-0.2, -0.15) is 0 Å². The summed E-state index contributed by atoms with van der Waals surface area (Å²) in [5.74, 6) is 0. The molecular formula is C13H18BrClN2. The van der Waals surface area contributed by atoms with Crippen LogP contribution in [0.25, 0.3) is 0 Å². The lowest BCUT2D eigenvalue weighted by molar-refractivity contribution is 0.202. The van der Waals surface area contributed by atoms with Gasteiger partial charge in [0.2, 0.25) is 0 Å². The van der Waals surface area contributed by atoms with Gasteiger partial charge in [0.25, 0.3) is 0 Å². The molecule has 0 radical (unpaired) electrons. The molecule has 1 saturated carbocycles. The van der Waals surface area contributed by atoms with Crippen molar-refractivity contribution in [3.63, 3.8) is 0 Å². The highest BCUT2D eigenvalue weighted by molar-refractivity contribution is 9.09. The first-order chi connectivity index (χ1) is 8.31. The molecule has 1 aliphatic rings. The summed E-state index contributed by atoms with van der Waals surface area (Å²) in [6.07, 6.45) is 8.95. The van der Waals surface area contributed by atoms with Gasteiger partial charge < -0.3 is 0 Å². The molecule has 1 heterocycles. The van der Waals surface area contributed by atoms with Gasteiger partial charge in [-0.15, -0.1) is 0 Å². The summed E-state index contributed by atoms with van der Waals surface area (Å²) in [5.41, 5.74) is 1.19. The average Bonchev–Trinajstić information content (AvgIpc) is 2.85. The van der Waals surface area contributed by atoms with Crippen molar-refractivity contribution in [2.45, 2.75) is 38.3 Å². The maximum absolute atomic E-state index is 6.17. The third kappa shape index (κ3) is 3.67. The molecule has 0 saturated heterocycles. The number of alkyl halides is 1. The van der Waals surface area contributed by atoms with E-state index in [0.29, 0.717) is 0 Å². The lowest BCUT2D eigenvalue weighted by Gasteiger charge is -2.28. The maximum atomic E-state index is 6.17. The van der Waals surface area contributed by atoms with E-state index in [9.17, 15) is 0 Å². The molecule has 1 aliphatic carbocycles. The molecule has 1 aromatic rings. The molecule has 0 N–H and O–H groups in total. The molecule has 4 heteroatoms. The zero-order valence-corrected chi connectivity index (χ0v) is 12.3. The molecular weight excluding hydrogens is 300 g/mol. The first kappa shape index (κ1) is 13.3. The Morgan fingerprint density at radius 2 is 2.18 bits per heavy atom. The van der Waals surface area contributed by atoms with Crippen LogP contribution in [-0.4, -0.2) is 27.8 Å². The van der Waals surface area contributed by atoms with Gasteiger partial charge in [0.05, 0.1) is 5.02 Å². The van der Waals surface area contributed by atoms with Crippen LogP contribution in [-0.2, 0) is 6.54 Å². The molecule has 0 unspecified atom stereocenters. The van der Waals surface area contributed by atoms with Gasteiger partial charge in [-0.05, 0) is 24.5 Å². The molecule has 0 bridgehead atoms. The maximum Gasteiger partial charge on any atom is 0.0634 e. The predicted molar refractivity (Wildman–Crippen MR) is 75.7 cm³/mol. The zero-order chi connectivity index (χ0) is 12.1. The Morgan fingerprint density at radius 3 is 2.82 bits per heavy atom. The van der Waals surface area contributed by atoms with E-state index in [1.807, 2.05) is 12.3 Å². The van der Waals surface area contributed by atoms with Crippen molar-refractivity contribution in [1.29, 1.82) is 0 Å². The third-order valence-corrected chi connectivity index (χ3v) is 4.14. The van der Waals surface area contributed by atoms with Crippen LogP contribution in [0.15, 0.2) is 18.5 Å². The van der Waals surface area contributed by atoms with E-state index in [2.05, 4.69) is 25.8 Å². The number of hydrogen-bond donors (Lipinski definition) is 0. The van der Waals surface area contributed by atoms with Crippen molar-refractivity contribution < 1.29 is 0 Å². The van der Waals surface area contributed by atoms with Crippen LogP contribution in [0.3, 0.4) is 0 Å². The fourth-order valence-corrected chi connectivity index (χ4v) is 3.15. The minimum Gasteiger partial charge on any atom is -0.295 e. The van der Waals surface area contributed by atoms with Gasteiger partial charge in [0, 0.05) is 36.9 Å². The lowest BCUT2D eigenvalue weighted by atomic mass is 10.1. The van der Waals surface area contributed by atoms with Gasteiger partial charge in [-0.1, -0.05) is 40.4 Å². The van der Waals surface area contributed by atoms with Crippen LogP contribution in [0.5, 0.6) is 0 Å². The predicted octanol–water partition coefficient (Wildman–Crippen LogP) is 3.87. The quantitative estimate of drug-likeness (QED) is 0.766. The first-order valence-corrected chi connectivity index (χ1v) is 7.69. The monoisotopic (exact) mass is 316 g/mol. The Hall–Kier alpha value is -0.120. The van der Waals surface area contributed by atoms with Crippen molar-refractivity contribution in [3.8, 4) is 0 Å². The molecule has 17 heavy (non-hydrogen) atoms. The standard InChI is InChI=1S/C13H18BrClN2/c14-6-8-17(12-3-1-2-4-12)10-11-5-7-16-9-13(11)15/h5,7,9,12H,1-4,6,8,10H2. The summed E-state index contributed by atoms with van der Waals surface area (Å²) in [5, 5.41) is 1.80. The Balaban J connectivity index is 2.04. The van der Waals surface area contributed by atoms with E-state index in [1.54, 1.807) is 6.20 Å². The van der Waals surface area contributed by atoms with E-state index in [4.69, 9.17) is 11.6 Å². The number of pyridine rings is 1. The third-order valence-electron chi connectivity index (χ3n) is 3.44. The van der Waals surface area contributed by atoms with Crippen molar-refractivity contribution in [2.24, 2.45) is 0 Å². The minimum absolute atomic E-state index is 0.733. The van der Waals surface area contributed by atoms with Crippen LogP contribution in [0.4, 0.5) is 0 Å². The molecule has 0 aromatic carbocycles. The first-order valence-electron chi connectivity index (χ1n) is 6.19. The highest BCUT2D eigenvalue weighted by atomic mass is 79.9. The SMILES string of the molecule is Clc1cnccc1CN(CCBr)C1CCCC1. The number of aromatic nitrogens is 1. The fraction of sp³-hybridized carbons (Fsp3) is 0.615. The van der Waals surface area contributed by atoms with Crippen molar-refractivity contribution in [2.75, 3.05) is 11.9 Å². The smallest absolute Gasteiger partial charge is 0.0634 e. The second-order valence-electron chi connectivity index (χ2n) is 4.56. The zero-order valence-electron chi connectivity index (χ0n) is 9.91. The van der Waals surface area contributed by atoms with Crippen molar-refractivity contribution in [1.82, 2.24) is 9.88 Å². The van der Waals surface area contributed by atoms with Crippen molar-refractivity contribution >= 4 is 27.5 Å². The molecule has 0 spiro atoms. The lowest BCUT2D eigenvalue weighted by Crippen LogP contribution is -2.34. The van der Waals surface area contributed by atoms with Gasteiger partial charge in [-0.25, -0.2) is 0 Å². The van der Waals surface area contributed by atoms with Gasteiger partial charge >= 0.3 is 0 Å². The Morgan fingerprint density at radius 1 is 1.41 bits per heavy atom. The molecule has 1 fully saturated rings. The highest BCUT2D eigenvalue weighted by Gasteiger charge is 2.22. The van der Waals surface area contributed by atoms with Crippen LogP contribution in [0.2, 0.25) is 5.02 Å². The summed E-state index contributed by atoms with van der Waals surface area (Å²) in [4.78, 5) is 6.58. The molecule has 0 aliphatic heterocycles. The molecule has 2 nitrogen and oxygen atoms in total. The van der Waals surface area contributed by atoms with E-state index in [0.717, 1.165) is 29.5 Å². The minimum atomic E-state index is 0.733. The van der Waals surface area contributed by atoms with E-state index in [-0.39, 0.29) is 0 Å². The number of rotatable bonds is 5. The van der Waals surface area contributed by atoms with Gasteiger partial charge in [0.1, 0.15) is 0 Å². The number of halogens is 2. The number of hydrogen-bond acceptors (Lipinski definition) is 2. The van der Waals surface area contributed by atoms with Gasteiger partial charge in [0.15, 0.2) is 0 Å². The normalized spacial score (nSPS) is 16.9. The largest absolute Gasteiger partial charge is 0.295 e. The van der Waals surface area contributed by atoms with Gasteiger partial charge in [-0.3, -0.25) is 9.88 Å². The summed E-state index contributed by atoms with van der Waals surface area (Å²) in [6.45, 7) is 2.03. The Labute approximate surface area is 116 Å². The molecule has 0 atom stereocenters. The van der Waals surface area contributed by atoms with Crippen LogP contribution < -0.4 is 0 Å². The summed E-state index contributed by atoms with van der Waals surface area (Å²) < 4.78 is 0. The summed E-state index contributed by atoms with van der Waals surface area (Å²) in [6, 6.07) is 2.76. The average molecular weight is 318 g/mol. The molecule has 2 rings (SSSR count). The van der Waals surface area contributed by atoms with Crippen LogP contribution >= 0.6 is 27.5 Å². The second-order valence-corrected chi connectivity index (χ2v) is 5.77. The van der Waals surface area contributed by atoms with Crippen LogP contribution in [0, 0.1) is 0 Å². The molecule has 94 valence electrons. The summed E-state index contributed by atoms with van der Waals surface area (Å²) >= 11 is 9.72. The molecule has 0 amide bonds. The topological polar surface area (TPSA) is 16.1 Å². The van der Waals surface area contributed by atoms with E-state index >= 15 is 0 Å². The van der Waals surface area contributed by atoms with Crippen molar-refractivity contribution in [3.05, 3.63) is 29.0 Å². The van der Waals surface area contributed by atoms with E-state index in [1.165, 1.54) is 31.2 Å². The van der Waals surface area contributed by atoms with Crippen LogP contribution in [0.1, 0.15) is 31.2 Å². The number of nitrogens with zero attached hydrogens (tertiary/aromatic N) is 2. The molecule has 1 aromatic heterocycles. The Bertz CT molecular complexity index is 353. The summed E-state index contributed by atoms with van der Waals surface area (Å²) in [7, 11) is 0. The second kappa shape index (κ2) is 6.72. The highest BCUT2D eigenvalue weighted by Crippen LogP contribution is 2.26. The van der Waals surface area contributed by atoms with E-state index < -0.39 is 0 Å². The Kier molecular flexibility index (Phi) is 5.26.